The first-order chi connectivity index (χ1) is 44.6. The SMILES string of the molecule is CC(C)(C)c1ccc2c(c1)C1(c3cc(C(C)(C)C)ccc3O2)c2ccccc2-c2ccc(N(c3ccc4c(c3)C(c3ccccc3)(c3ccccc3)c3ccccc3-4)c3ccc4c(c3)C3(c5ccccc5-4)c4cc(C(C)(C)C)ccc4-c4ccc(C(C)(C)C)cc43)cc21. The molecule has 0 N–H and O–H groups in total. The van der Waals surface area contributed by atoms with Crippen LogP contribution >= 0.6 is 0 Å². The monoisotopic (exact) mass is 1200 g/mol. The van der Waals surface area contributed by atoms with Crippen LogP contribution in [0.2, 0.25) is 0 Å². The summed E-state index contributed by atoms with van der Waals surface area (Å²) in [6.07, 6.45) is 0. The minimum Gasteiger partial charge on any atom is -0.457 e. The molecule has 0 saturated carbocycles. The molecule has 0 unspecified atom stereocenters. The van der Waals surface area contributed by atoms with Crippen molar-refractivity contribution >= 4 is 17.1 Å². The van der Waals surface area contributed by atoms with Crippen molar-refractivity contribution in [1.29, 1.82) is 0 Å². The summed E-state index contributed by atoms with van der Waals surface area (Å²) in [4.78, 5) is 2.62. The summed E-state index contributed by atoms with van der Waals surface area (Å²) in [5.74, 6) is 1.79. The number of hydrogen-bond donors (Lipinski definition) is 0. The van der Waals surface area contributed by atoms with E-state index in [9.17, 15) is 0 Å². The fourth-order valence-electron chi connectivity index (χ4n) is 17.3. The third-order valence-electron chi connectivity index (χ3n) is 21.9. The quantitative estimate of drug-likeness (QED) is 0.170. The molecule has 12 aromatic carbocycles. The van der Waals surface area contributed by atoms with Crippen molar-refractivity contribution in [2.45, 2.75) is 121 Å². The lowest BCUT2D eigenvalue weighted by molar-refractivity contribution is 0.433. The molecule has 4 aliphatic carbocycles. The average Bonchev–Trinajstić information content (AvgIpc) is 1.55. The lowest BCUT2D eigenvalue weighted by Gasteiger charge is -2.41. The van der Waals surface area contributed by atoms with E-state index in [1.807, 2.05) is 0 Å². The molecule has 17 rings (SSSR count). The highest BCUT2D eigenvalue weighted by Crippen LogP contribution is 2.67. The van der Waals surface area contributed by atoms with E-state index in [-0.39, 0.29) is 21.7 Å². The van der Waals surface area contributed by atoms with E-state index in [4.69, 9.17) is 4.74 Å². The van der Waals surface area contributed by atoms with Gasteiger partial charge in [0.05, 0.1) is 16.2 Å². The van der Waals surface area contributed by atoms with Gasteiger partial charge in [-0.25, -0.2) is 0 Å². The van der Waals surface area contributed by atoms with Gasteiger partial charge in [-0.15, -0.1) is 0 Å². The number of hydrogen-bond acceptors (Lipinski definition) is 2. The van der Waals surface area contributed by atoms with Crippen molar-refractivity contribution in [3.63, 3.8) is 0 Å². The Kier molecular flexibility index (Phi) is 12.1. The Balaban J connectivity index is 0.991. The van der Waals surface area contributed by atoms with Crippen LogP contribution in [0.3, 0.4) is 0 Å². The summed E-state index contributed by atoms with van der Waals surface area (Å²) in [6, 6.07) is 101. The van der Waals surface area contributed by atoms with Crippen LogP contribution in [0.25, 0.3) is 44.5 Å². The summed E-state index contributed by atoms with van der Waals surface area (Å²) in [7, 11) is 0. The topological polar surface area (TPSA) is 12.5 Å². The zero-order valence-electron chi connectivity index (χ0n) is 55.7. The Hall–Kier alpha value is -9.76. The minimum atomic E-state index is -0.745. The van der Waals surface area contributed by atoms with Gasteiger partial charge in [-0.1, -0.05) is 283 Å². The Bertz CT molecular complexity index is 4940. The van der Waals surface area contributed by atoms with Crippen LogP contribution in [0.4, 0.5) is 17.1 Å². The third-order valence-corrected chi connectivity index (χ3v) is 21.9. The second-order valence-corrected chi connectivity index (χ2v) is 31.2. The van der Waals surface area contributed by atoms with Gasteiger partial charge in [-0.05, 0) is 205 Å². The summed E-state index contributed by atoms with van der Waals surface area (Å²) in [5.41, 5.74) is 31.5. The van der Waals surface area contributed by atoms with E-state index in [1.165, 1.54) is 134 Å². The number of anilines is 3. The Morgan fingerprint density at radius 2 is 0.484 bits per heavy atom. The zero-order chi connectivity index (χ0) is 63.9. The number of rotatable bonds is 5. The van der Waals surface area contributed by atoms with Crippen LogP contribution in [0, 0.1) is 0 Å². The second kappa shape index (κ2) is 19.6. The van der Waals surface area contributed by atoms with Crippen molar-refractivity contribution in [1.82, 2.24) is 0 Å². The predicted octanol–water partition coefficient (Wildman–Crippen LogP) is 23.5. The maximum atomic E-state index is 7.21. The fraction of sp³-hybridized carbons (Fsp3) is 0.209. The summed E-state index contributed by atoms with van der Waals surface area (Å²) in [5, 5.41) is 0. The molecule has 5 aliphatic rings. The molecule has 0 aromatic heterocycles. The van der Waals surface area contributed by atoms with Crippen LogP contribution in [0.15, 0.2) is 261 Å². The van der Waals surface area contributed by atoms with Gasteiger partial charge >= 0.3 is 0 Å². The number of ether oxygens (including phenoxy) is 1. The first-order valence-electron chi connectivity index (χ1n) is 33.5. The average molecular weight is 1200 g/mol. The van der Waals surface area contributed by atoms with E-state index in [1.54, 1.807) is 0 Å². The molecule has 12 aromatic rings. The fourth-order valence-corrected chi connectivity index (χ4v) is 17.3. The van der Waals surface area contributed by atoms with Crippen molar-refractivity contribution in [3.05, 3.63) is 350 Å². The highest BCUT2D eigenvalue weighted by Gasteiger charge is 2.55. The molecule has 0 amide bonds. The smallest absolute Gasteiger partial charge is 0.132 e. The highest BCUT2D eigenvalue weighted by molar-refractivity contribution is 5.98. The number of nitrogens with zero attached hydrogens (tertiary/aromatic N) is 1. The maximum Gasteiger partial charge on any atom is 0.132 e. The molecule has 0 atom stereocenters. The summed E-state index contributed by atoms with van der Waals surface area (Å²) < 4.78 is 7.21. The maximum absolute atomic E-state index is 7.21. The van der Waals surface area contributed by atoms with Crippen LogP contribution in [0.1, 0.15) is 172 Å². The van der Waals surface area contributed by atoms with Crippen LogP contribution in [0.5, 0.6) is 11.5 Å². The van der Waals surface area contributed by atoms with Crippen molar-refractivity contribution < 1.29 is 4.74 Å². The van der Waals surface area contributed by atoms with Crippen molar-refractivity contribution in [2.24, 2.45) is 0 Å². The third kappa shape index (κ3) is 7.94. The lowest BCUT2D eigenvalue weighted by atomic mass is 9.64. The number of benzene rings is 12. The normalized spacial score (nSPS) is 15.2. The van der Waals surface area contributed by atoms with E-state index in [0.717, 1.165) is 28.6 Å². The minimum absolute atomic E-state index is 0.0815. The van der Waals surface area contributed by atoms with Gasteiger partial charge in [0.1, 0.15) is 11.5 Å². The van der Waals surface area contributed by atoms with Crippen LogP contribution in [-0.2, 0) is 37.9 Å². The Morgan fingerprint density at radius 1 is 0.226 bits per heavy atom. The summed E-state index contributed by atoms with van der Waals surface area (Å²) in [6.45, 7) is 28.1. The van der Waals surface area contributed by atoms with Gasteiger partial charge < -0.3 is 9.64 Å². The van der Waals surface area contributed by atoms with Gasteiger partial charge in [0, 0.05) is 28.2 Å². The standard InChI is InChI=1S/C91H79NO/c1-85(2,3)58-35-42-68-69-43-36-59(86(4,5)6)50-77(69)90(76(68)49-58)74-33-23-20-30-66(74)71-45-40-63(54-79(71)90)92(62-39-44-70-65-29-19-22-32-73(65)89(78(70)53-62,56-25-15-13-16-26-56)57-27-17-14-18-28-57)64-41-46-72-67-31-21-24-34-75(67)91(80(72)55-64)81-51-60(87(7,8)9)37-47-83(81)93-84-48-38-61(52-82(84)91)88(10,11)12/h13-55H,1-12H3. The summed E-state index contributed by atoms with van der Waals surface area (Å²) >= 11 is 0. The molecular weight excluding hydrogens is 1120 g/mol. The molecule has 1 heterocycles. The predicted molar refractivity (Wildman–Crippen MR) is 387 cm³/mol. The van der Waals surface area contributed by atoms with Gasteiger partial charge in [0.2, 0.25) is 0 Å². The molecule has 2 nitrogen and oxygen atoms in total. The van der Waals surface area contributed by atoms with Gasteiger partial charge in [0.25, 0.3) is 0 Å². The van der Waals surface area contributed by atoms with Gasteiger partial charge in [-0.3, -0.25) is 0 Å². The van der Waals surface area contributed by atoms with E-state index in [2.05, 4.69) is 349 Å². The molecule has 2 heteroatoms. The highest BCUT2D eigenvalue weighted by atomic mass is 16.5. The van der Waals surface area contributed by atoms with E-state index in [0.29, 0.717) is 0 Å². The number of fused-ring (bicyclic) bond motifs is 22. The molecule has 0 fully saturated rings. The molecule has 2 spiro atoms. The molecular formula is C91H79NO. The van der Waals surface area contributed by atoms with Gasteiger partial charge in [0.15, 0.2) is 0 Å². The largest absolute Gasteiger partial charge is 0.457 e. The molecule has 0 radical (unpaired) electrons. The second-order valence-electron chi connectivity index (χ2n) is 31.2. The van der Waals surface area contributed by atoms with E-state index >= 15 is 0 Å². The molecule has 1 aliphatic heterocycles. The molecule has 0 saturated heterocycles. The molecule has 0 bridgehead atoms. The van der Waals surface area contributed by atoms with Crippen LogP contribution < -0.4 is 9.64 Å². The van der Waals surface area contributed by atoms with E-state index < -0.39 is 16.2 Å². The van der Waals surface area contributed by atoms with Crippen LogP contribution in [-0.4, -0.2) is 0 Å². The zero-order valence-corrected chi connectivity index (χ0v) is 55.7. The molecule has 454 valence electrons. The van der Waals surface area contributed by atoms with Gasteiger partial charge in [-0.2, -0.15) is 0 Å². The Morgan fingerprint density at radius 3 is 0.839 bits per heavy atom. The van der Waals surface area contributed by atoms with Crippen molar-refractivity contribution in [3.8, 4) is 56.0 Å². The Labute approximate surface area is 550 Å². The first kappa shape index (κ1) is 57.2. The van der Waals surface area contributed by atoms with Crippen molar-refractivity contribution in [2.75, 3.05) is 4.90 Å². The lowest BCUT2D eigenvalue weighted by Crippen LogP contribution is -2.33. The first-order valence-corrected chi connectivity index (χ1v) is 33.5. The molecule has 93 heavy (non-hydrogen) atoms.